The van der Waals surface area contributed by atoms with Gasteiger partial charge in [0, 0.05) is 13.0 Å². The number of amides is 1. The maximum atomic E-state index is 11.9. The summed E-state index contributed by atoms with van der Waals surface area (Å²) in [4.78, 5) is 36.6. The number of nitrogens with one attached hydrogen (secondary N) is 1. The zero-order valence-electron chi connectivity index (χ0n) is 11.3. The Labute approximate surface area is 120 Å². The predicted octanol–water partition coefficient (Wildman–Crippen LogP) is 0.695. The highest BCUT2D eigenvalue weighted by Gasteiger charge is 2.42. The molecule has 2 rings (SSSR count). The first kappa shape index (κ1) is 14.9. The van der Waals surface area contributed by atoms with Gasteiger partial charge in [0.2, 0.25) is 12.2 Å². The standard InChI is InChI=1S/C12H16N4O5/c17-10(14-12(11(18)19)4-1-2-5-12)3-6-15-7-9(13-8-15)16(20)21/h7-8H,1-6H2,(H,14,17)(H,18,19). The van der Waals surface area contributed by atoms with E-state index in [9.17, 15) is 24.8 Å². The average Bonchev–Trinajstić information content (AvgIpc) is 3.05. The van der Waals surface area contributed by atoms with Crippen LogP contribution in [0.2, 0.25) is 0 Å². The number of aromatic nitrogens is 2. The molecule has 1 aliphatic rings. The minimum absolute atomic E-state index is 0.0442. The Kier molecular flexibility index (Phi) is 4.20. The van der Waals surface area contributed by atoms with E-state index in [0.717, 1.165) is 12.8 Å². The highest BCUT2D eigenvalue weighted by molar-refractivity contribution is 5.87. The van der Waals surface area contributed by atoms with Crippen LogP contribution in [0.5, 0.6) is 0 Å². The van der Waals surface area contributed by atoms with Crippen LogP contribution in [-0.2, 0) is 16.1 Å². The van der Waals surface area contributed by atoms with Crippen molar-refractivity contribution in [2.24, 2.45) is 0 Å². The molecule has 0 bridgehead atoms. The average molecular weight is 296 g/mol. The van der Waals surface area contributed by atoms with Gasteiger partial charge in [-0.05, 0) is 22.7 Å². The van der Waals surface area contributed by atoms with Crippen LogP contribution in [0.15, 0.2) is 12.5 Å². The fraction of sp³-hybridized carbons (Fsp3) is 0.583. The number of nitrogens with zero attached hydrogens (tertiary/aromatic N) is 3. The quantitative estimate of drug-likeness (QED) is 0.587. The number of carboxylic acids is 1. The third-order valence-corrected chi connectivity index (χ3v) is 3.65. The molecule has 1 aliphatic carbocycles. The van der Waals surface area contributed by atoms with Gasteiger partial charge in [-0.2, -0.15) is 0 Å². The molecule has 0 spiro atoms. The van der Waals surface area contributed by atoms with Gasteiger partial charge < -0.3 is 25.1 Å². The smallest absolute Gasteiger partial charge is 0.381 e. The second-order valence-electron chi connectivity index (χ2n) is 5.12. The molecule has 0 unspecified atom stereocenters. The summed E-state index contributed by atoms with van der Waals surface area (Å²) in [6.07, 6.45) is 4.97. The topological polar surface area (TPSA) is 127 Å². The van der Waals surface area contributed by atoms with Crippen LogP contribution in [0.1, 0.15) is 32.1 Å². The van der Waals surface area contributed by atoms with Crippen LogP contribution in [-0.4, -0.2) is 37.0 Å². The summed E-state index contributed by atoms with van der Waals surface area (Å²) in [5.74, 6) is -1.67. The lowest BCUT2D eigenvalue weighted by molar-refractivity contribution is -0.389. The van der Waals surface area contributed by atoms with Crippen molar-refractivity contribution < 1.29 is 19.6 Å². The molecule has 0 radical (unpaired) electrons. The maximum Gasteiger partial charge on any atom is 0.381 e. The Morgan fingerprint density at radius 1 is 1.48 bits per heavy atom. The normalized spacial score (nSPS) is 16.6. The zero-order valence-corrected chi connectivity index (χ0v) is 11.3. The lowest BCUT2D eigenvalue weighted by Crippen LogP contribution is -2.52. The molecule has 1 fully saturated rings. The summed E-state index contributed by atoms with van der Waals surface area (Å²) in [6, 6.07) is 0. The molecule has 9 heteroatoms. The Bertz CT molecular complexity index is 562. The van der Waals surface area contributed by atoms with Crippen molar-refractivity contribution in [3.8, 4) is 0 Å². The molecule has 9 nitrogen and oxygen atoms in total. The largest absolute Gasteiger partial charge is 0.480 e. The first-order valence-corrected chi connectivity index (χ1v) is 6.63. The summed E-state index contributed by atoms with van der Waals surface area (Å²) >= 11 is 0. The van der Waals surface area contributed by atoms with Crippen LogP contribution in [0, 0.1) is 10.1 Å². The summed E-state index contributed by atoms with van der Waals surface area (Å²) in [7, 11) is 0. The minimum Gasteiger partial charge on any atom is -0.480 e. The molecule has 0 aromatic carbocycles. The lowest BCUT2D eigenvalue weighted by atomic mass is 9.97. The van der Waals surface area contributed by atoms with Crippen molar-refractivity contribution >= 4 is 17.7 Å². The van der Waals surface area contributed by atoms with Crippen molar-refractivity contribution in [1.29, 1.82) is 0 Å². The van der Waals surface area contributed by atoms with Crippen LogP contribution >= 0.6 is 0 Å². The van der Waals surface area contributed by atoms with E-state index in [2.05, 4.69) is 10.3 Å². The highest BCUT2D eigenvalue weighted by atomic mass is 16.6. The predicted molar refractivity (Wildman–Crippen MR) is 70.5 cm³/mol. The van der Waals surface area contributed by atoms with E-state index in [0.29, 0.717) is 12.8 Å². The Morgan fingerprint density at radius 3 is 2.67 bits per heavy atom. The third-order valence-electron chi connectivity index (χ3n) is 3.65. The number of rotatable bonds is 6. The fourth-order valence-corrected chi connectivity index (χ4v) is 2.50. The molecule has 1 saturated carbocycles. The van der Waals surface area contributed by atoms with Gasteiger partial charge in [-0.25, -0.2) is 4.79 Å². The van der Waals surface area contributed by atoms with Gasteiger partial charge in [0.25, 0.3) is 0 Å². The molecular weight excluding hydrogens is 280 g/mol. The lowest BCUT2D eigenvalue weighted by Gasteiger charge is -2.25. The molecule has 1 aromatic rings. The molecule has 2 N–H and O–H groups in total. The van der Waals surface area contributed by atoms with E-state index >= 15 is 0 Å². The van der Waals surface area contributed by atoms with E-state index in [4.69, 9.17) is 0 Å². The van der Waals surface area contributed by atoms with Gasteiger partial charge in [-0.3, -0.25) is 4.79 Å². The number of aryl methyl sites for hydroxylation is 1. The molecule has 114 valence electrons. The van der Waals surface area contributed by atoms with Gasteiger partial charge in [0.05, 0.1) is 0 Å². The molecule has 1 heterocycles. The number of carbonyl (C=O) groups is 2. The Balaban J connectivity index is 1.89. The van der Waals surface area contributed by atoms with Crippen LogP contribution in [0.3, 0.4) is 0 Å². The SMILES string of the molecule is O=C(CCn1cnc([N+](=O)[O-])c1)NC1(C(=O)O)CCCC1. The zero-order chi connectivity index (χ0) is 15.5. The minimum atomic E-state index is -1.15. The molecule has 0 aliphatic heterocycles. The van der Waals surface area contributed by atoms with Crippen LogP contribution < -0.4 is 5.32 Å². The van der Waals surface area contributed by atoms with Gasteiger partial charge >= 0.3 is 11.8 Å². The van der Waals surface area contributed by atoms with Gasteiger partial charge in [-0.1, -0.05) is 12.8 Å². The first-order chi connectivity index (χ1) is 9.93. The fourth-order valence-electron chi connectivity index (χ4n) is 2.50. The summed E-state index contributed by atoms with van der Waals surface area (Å²) in [6.45, 7) is 0.211. The number of nitro groups is 1. The molecule has 0 saturated heterocycles. The number of imidazole rings is 1. The molecule has 21 heavy (non-hydrogen) atoms. The van der Waals surface area contributed by atoms with Gasteiger partial charge in [0.15, 0.2) is 0 Å². The maximum absolute atomic E-state index is 11.9. The third kappa shape index (κ3) is 3.36. The van der Waals surface area contributed by atoms with Crippen molar-refractivity contribution in [2.45, 2.75) is 44.2 Å². The Morgan fingerprint density at radius 2 is 2.14 bits per heavy atom. The summed E-state index contributed by atoms with van der Waals surface area (Å²) in [5, 5.41) is 22.3. The van der Waals surface area contributed by atoms with E-state index in [1.165, 1.54) is 17.1 Å². The van der Waals surface area contributed by atoms with Gasteiger partial charge in [-0.15, -0.1) is 0 Å². The number of carbonyl (C=O) groups excluding carboxylic acids is 1. The summed E-state index contributed by atoms with van der Waals surface area (Å²) in [5.41, 5.74) is -1.15. The van der Waals surface area contributed by atoms with Crippen molar-refractivity contribution in [3.05, 3.63) is 22.6 Å². The molecule has 1 amide bonds. The Hall–Kier alpha value is -2.45. The van der Waals surface area contributed by atoms with Crippen LogP contribution in [0.4, 0.5) is 5.82 Å². The second kappa shape index (κ2) is 5.90. The second-order valence-corrected chi connectivity index (χ2v) is 5.12. The monoisotopic (exact) mass is 296 g/mol. The number of hydrogen-bond donors (Lipinski definition) is 2. The highest BCUT2D eigenvalue weighted by Crippen LogP contribution is 2.29. The van der Waals surface area contributed by atoms with Gasteiger partial charge in [0.1, 0.15) is 11.7 Å². The molecular formula is C12H16N4O5. The van der Waals surface area contributed by atoms with E-state index in [-0.39, 0.29) is 24.7 Å². The summed E-state index contributed by atoms with van der Waals surface area (Å²) < 4.78 is 1.43. The number of carboxylic acid groups (broad SMARTS) is 1. The van der Waals surface area contributed by atoms with Crippen molar-refractivity contribution in [3.63, 3.8) is 0 Å². The van der Waals surface area contributed by atoms with E-state index in [1.54, 1.807) is 0 Å². The molecule has 1 aromatic heterocycles. The number of hydrogen-bond acceptors (Lipinski definition) is 5. The first-order valence-electron chi connectivity index (χ1n) is 6.63. The molecule has 0 atom stereocenters. The van der Waals surface area contributed by atoms with E-state index in [1.807, 2.05) is 0 Å². The number of aliphatic carboxylic acids is 1. The van der Waals surface area contributed by atoms with E-state index < -0.39 is 16.4 Å². The van der Waals surface area contributed by atoms with Crippen molar-refractivity contribution in [1.82, 2.24) is 14.9 Å². The van der Waals surface area contributed by atoms with Crippen LogP contribution in [0.25, 0.3) is 0 Å². The van der Waals surface area contributed by atoms with Crippen molar-refractivity contribution in [2.75, 3.05) is 0 Å².